The van der Waals surface area contributed by atoms with E-state index in [1.807, 2.05) is 12.1 Å². The van der Waals surface area contributed by atoms with Gasteiger partial charge in [-0.05, 0) is 58.1 Å². The van der Waals surface area contributed by atoms with Crippen molar-refractivity contribution < 1.29 is 4.39 Å². The van der Waals surface area contributed by atoms with Crippen LogP contribution in [-0.4, -0.2) is 29.1 Å². The zero-order chi connectivity index (χ0) is 18.1. The van der Waals surface area contributed by atoms with Crippen LogP contribution < -0.4 is 5.32 Å². The highest BCUT2D eigenvalue weighted by atomic mass is 19.1. The number of hydrogen-bond donors (Lipinski definition) is 1. The Morgan fingerprint density at radius 3 is 2.25 bits per heavy atom. The molecular weight excluding hydrogens is 299 g/mol. The summed E-state index contributed by atoms with van der Waals surface area (Å²) in [5.41, 5.74) is 1.18. The summed E-state index contributed by atoms with van der Waals surface area (Å²) >= 11 is 0. The van der Waals surface area contributed by atoms with Gasteiger partial charge in [0.1, 0.15) is 5.82 Å². The minimum absolute atomic E-state index is 0.117. The maximum Gasteiger partial charge on any atom is 0.127 e. The molecule has 0 spiro atoms. The van der Waals surface area contributed by atoms with Gasteiger partial charge in [-0.1, -0.05) is 39.0 Å². The van der Waals surface area contributed by atoms with Crippen molar-refractivity contribution in [2.75, 3.05) is 6.54 Å². The number of nitrogens with one attached hydrogen (secondary N) is 1. The molecule has 2 rings (SSSR count). The molecule has 1 aliphatic rings. The van der Waals surface area contributed by atoms with Gasteiger partial charge in [0.15, 0.2) is 0 Å². The van der Waals surface area contributed by atoms with Crippen LogP contribution in [0.25, 0.3) is 0 Å². The molecule has 1 aliphatic heterocycles. The van der Waals surface area contributed by atoms with Crippen LogP contribution in [0.3, 0.4) is 0 Å². The molecular formula is C21H35FN2. The molecule has 1 aromatic carbocycles. The molecule has 1 N–H and O–H groups in total. The Kier molecular flexibility index (Phi) is 5.76. The summed E-state index contributed by atoms with van der Waals surface area (Å²) in [4.78, 5) is 2.70. The molecule has 1 saturated heterocycles. The predicted molar refractivity (Wildman–Crippen MR) is 101 cm³/mol. The number of likely N-dealkylation sites (tertiary alicyclic amines) is 1. The summed E-state index contributed by atoms with van der Waals surface area (Å²) in [5.74, 6) is 0.480. The summed E-state index contributed by atoms with van der Waals surface area (Å²) < 4.78 is 13.8. The lowest BCUT2D eigenvalue weighted by Gasteiger charge is -2.45. The second-order valence-corrected chi connectivity index (χ2v) is 9.42. The van der Waals surface area contributed by atoms with Crippen LogP contribution in [0.2, 0.25) is 0 Å². The van der Waals surface area contributed by atoms with Crippen LogP contribution >= 0.6 is 0 Å². The van der Waals surface area contributed by atoms with E-state index in [4.69, 9.17) is 0 Å². The van der Waals surface area contributed by atoms with Gasteiger partial charge in [0.05, 0.1) is 0 Å². The van der Waals surface area contributed by atoms with E-state index >= 15 is 0 Å². The van der Waals surface area contributed by atoms with Gasteiger partial charge in [-0.15, -0.1) is 0 Å². The molecule has 3 atom stereocenters. The van der Waals surface area contributed by atoms with Gasteiger partial charge in [0, 0.05) is 29.7 Å². The van der Waals surface area contributed by atoms with Crippen LogP contribution in [0.4, 0.5) is 4.39 Å². The van der Waals surface area contributed by atoms with Crippen molar-refractivity contribution in [2.45, 2.75) is 79.1 Å². The summed E-state index contributed by atoms with van der Waals surface area (Å²) in [6, 6.07) is 8.14. The van der Waals surface area contributed by atoms with E-state index in [1.54, 1.807) is 6.07 Å². The SMILES string of the molecule is C[C@@H]1[C@@H](CNCc2ccccc2F)C[C@@H](C(C)(C)C)N1C(C)(C)C. The summed E-state index contributed by atoms with van der Waals surface area (Å²) in [5, 5.41) is 3.49. The van der Waals surface area contributed by atoms with Crippen molar-refractivity contribution in [3.05, 3.63) is 35.6 Å². The largest absolute Gasteiger partial charge is 0.312 e. The smallest absolute Gasteiger partial charge is 0.127 e. The summed E-state index contributed by atoms with van der Waals surface area (Å²) in [6.45, 7) is 17.9. The number of nitrogens with zero attached hydrogens (tertiary/aromatic N) is 1. The standard InChI is InChI=1S/C21H35FN2/c1-15-17(14-23-13-16-10-8-9-11-18(16)22)12-19(20(2,3)4)24(15)21(5,6)7/h8-11,15,17,19,23H,12-14H2,1-7H3/t15-,17-,19+/m1/s1. The molecule has 0 saturated carbocycles. The fraction of sp³-hybridized carbons (Fsp3) is 0.714. The molecule has 0 aliphatic carbocycles. The van der Waals surface area contributed by atoms with Gasteiger partial charge >= 0.3 is 0 Å². The molecule has 3 heteroatoms. The van der Waals surface area contributed by atoms with E-state index in [0.717, 1.165) is 12.1 Å². The number of benzene rings is 1. The second kappa shape index (κ2) is 7.13. The third-order valence-corrected chi connectivity index (χ3v) is 5.44. The van der Waals surface area contributed by atoms with E-state index in [9.17, 15) is 4.39 Å². The molecule has 1 fully saturated rings. The fourth-order valence-electron chi connectivity index (χ4n) is 4.25. The lowest BCUT2D eigenvalue weighted by Crippen LogP contribution is -2.53. The highest BCUT2D eigenvalue weighted by Gasteiger charge is 2.47. The topological polar surface area (TPSA) is 15.3 Å². The maximum atomic E-state index is 13.8. The van der Waals surface area contributed by atoms with Gasteiger partial charge < -0.3 is 5.32 Å². The third-order valence-electron chi connectivity index (χ3n) is 5.44. The normalized spacial score (nSPS) is 26.1. The quantitative estimate of drug-likeness (QED) is 0.847. The average molecular weight is 335 g/mol. The first-order valence-electron chi connectivity index (χ1n) is 9.24. The first kappa shape index (κ1) is 19.4. The lowest BCUT2D eigenvalue weighted by atomic mass is 9.82. The van der Waals surface area contributed by atoms with Crippen LogP contribution in [-0.2, 0) is 6.54 Å². The van der Waals surface area contributed by atoms with Gasteiger partial charge in [-0.3, -0.25) is 4.90 Å². The van der Waals surface area contributed by atoms with Crippen molar-refractivity contribution in [3.8, 4) is 0 Å². The number of halogens is 1. The van der Waals surface area contributed by atoms with E-state index in [2.05, 4.69) is 58.7 Å². The Bertz CT molecular complexity index is 542. The van der Waals surface area contributed by atoms with E-state index in [-0.39, 0.29) is 16.8 Å². The first-order valence-corrected chi connectivity index (χ1v) is 9.24. The van der Waals surface area contributed by atoms with Crippen LogP contribution in [0.15, 0.2) is 24.3 Å². The molecule has 0 unspecified atom stereocenters. The van der Waals surface area contributed by atoms with Crippen molar-refractivity contribution in [2.24, 2.45) is 11.3 Å². The van der Waals surface area contributed by atoms with Gasteiger partial charge in [0.25, 0.3) is 0 Å². The molecule has 1 heterocycles. The first-order chi connectivity index (χ1) is 11.0. The van der Waals surface area contributed by atoms with Crippen molar-refractivity contribution in [1.29, 1.82) is 0 Å². The molecule has 0 amide bonds. The number of rotatable bonds is 4. The van der Waals surface area contributed by atoms with Gasteiger partial charge in [-0.25, -0.2) is 4.39 Å². The fourth-order valence-corrected chi connectivity index (χ4v) is 4.25. The van der Waals surface area contributed by atoms with Crippen LogP contribution in [0, 0.1) is 17.2 Å². The Labute approximate surface area is 147 Å². The van der Waals surface area contributed by atoms with E-state index < -0.39 is 0 Å². The van der Waals surface area contributed by atoms with Gasteiger partial charge in [0.2, 0.25) is 0 Å². The Balaban J connectivity index is 2.02. The highest BCUT2D eigenvalue weighted by Crippen LogP contribution is 2.43. The Morgan fingerprint density at radius 1 is 1.12 bits per heavy atom. The molecule has 0 aromatic heterocycles. The van der Waals surface area contributed by atoms with Crippen molar-refractivity contribution >= 4 is 0 Å². The summed E-state index contributed by atoms with van der Waals surface area (Å²) in [6.07, 6.45) is 1.20. The molecule has 2 nitrogen and oxygen atoms in total. The zero-order valence-corrected chi connectivity index (χ0v) is 16.5. The average Bonchev–Trinajstić information content (AvgIpc) is 2.78. The number of hydrogen-bond acceptors (Lipinski definition) is 2. The molecule has 0 radical (unpaired) electrons. The van der Waals surface area contributed by atoms with Crippen LogP contribution in [0.1, 0.15) is 60.5 Å². The maximum absolute atomic E-state index is 13.8. The third kappa shape index (κ3) is 4.37. The van der Waals surface area contributed by atoms with Crippen molar-refractivity contribution in [3.63, 3.8) is 0 Å². The van der Waals surface area contributed by atoms with Crippen LogP contribution in [0.5, 0.6) is 0 Å². The van der Waals surface area contributed by atoms with E-state index in [1.165, 1.54) is 12.5 Å². The zero-order valence-electron chi connectivity index (χ0n) is 16.5. The monoisotopic (exact) mass is 334 g/mol. The molecule has 1 aromatic rings. The second-order valence-electron chi connectivity index (χ2n) is 9.42. The van der Waals surface area contributed by atoms with Gasteiger partial charge in [-0.2, -0.15) is 0 Å². The Morgan fingerprint density at radius 2 is 1.75 bits per heavy atom. The molecule has 136 valence electrons. The molecule has 0 bridgehead atoms. The predicted octanol–water partition coefficient (Wildman–Crippen LogP) is 4.84. The minimum Gasteiger partial charge on any atom is -0.312 e. The Hall–Kier alpha value is -0.930. The lowest BCUT2D eigenvalue weighted by molar-refractivity contribution is 0.0277. The van der Waals surface area contributed by atoms with E-state index in [0.29, 0.717) is 24.5 Å². The minimum atomic E-state index is -0.117. The summed E-state index contributed by atoms with van der Waals surface area (Å²) in [7, 11) is 0. The molecule has 24 heavy (non-hydrogen) atoms. The highest BCUT2D eigenvalue weighted by molar-refractivity contribution is 5.17. The van der Waals surface area contributed by atoms with Crippen molar-refractivity contribution in [1.82, 2.24) is 10.2 Å².